The maximum Gasteiger partial charge on any atom is 0.0899 e. The lowest BCUT2D eigenvalue weighted by Crippen LogP contribution is -2.48. The molecular formula is C17H20O. The van der Waals surface area contributed by atoms with Crippen molar-refractivity contribution < 1.29 is 5.11 Å². The molecule has 0 aliphatic heterocycles. The van der Waals surface area contributed by atoms with Crippen molar-refractivity contribution in [3.8, 4) is 0 Å². The minimum Gasteiger partial charge on any atom is -0.385 e. The molecule has 0 amide bonds. The summed E-state index contributed by atoms with van der Waals surface area (Å²) in [5.41, 5.74) is 2.07. The van der Waals surface area contributed by atoms with Crippen LogP contribution >= 0.6 is 0 Å². The zero-order valence-electron chi connectivity index (χ0n) is 10.8. The summed E-state index contributed by atoms with van der Waals surface area (Å²) in [4.78, 5) is 0. The van der Waals surface area contributed by atoms with Gasteiger partial charge in [-0.25, -0.2) is 0 Å². The van der Waals surface area contributed by atoms with E-state index in [1.54, 1.807) is 6.08 Å². The maximum atomic E-state index is 10.8. The van der Waals surface area contributed by atoms with Gasteiger partial charge in [0.05, 0.1) is 5.60 Å². The van der Waals surface area contributed by atoms with Crippen molar-refractivity contribution in [1.82, 2.24) is 0 Å². The van der Waals surface area contributed by atoms with Gasteiger partial charge < -0.3 is 5.11 Å². The van der Waals surface area contributed by atoms with Gasteiger partial charge in [0.1, 0.15) is 0 Å². The Bertz CT molecular complexity index is 488. The molecule has 1 aromatic carbocycles. The number of rotatable bonds is 2. The third-order valence-corrected chi connectivity index (χ3v) is 4.79. The molecule has 0 heterocycles. The van der Waals surface area contributed by atoms with E-state index in [-0.39, 0.29) is 5.92 Å². The highest BCUT2D eigenvalue weighted by atomic mass is 16.3. The van der Waals surface area contributed by atoms with E-state index < -0.39 is 5.60 Å². The van der Waals surface area contributed by atoms with Crippen molar-refractivity contribution in [3.63, 3.8) is 0 Å². The van der Waals surface area contributed by atoms with Gasteiger partial charge in [0, 0.05) is 5.92 Å². The second-order valence-corrected chi connectivity index (χ2v) is 5.79. The lowest BCUT2D eigenvalue weighted by Gasteiger charge is -2.50. The standard InChI is InChI=1S/C17H20O/c1-3-17(18)11-14-10-15(16(17)9-12(14)2)13-7-5-4-6-8-13/h3-9,14-16,18H,1,10-11H2,2H3/t14-,15-,16+,17+/m0/s1. The summed E-state index contributed by atoms with van der Waals surface area (Å²) in [6.45, 7) is 6.04. The third-order valence-electron chi connectivity index (χ3n) is 4.79. The molecule has 18 heavy (non-hydrogen) atoms. The number of aliphatic hydroxyl groups is 1. The van der Waals surface area contributed by atoms with E-state index in [9.17, 15) is 5.11 Å². The molecule has 3 aliphatic carbocycles. The summed E-state index contributed by atoms with van der Waals surface area (Å²) < 4.78 is 0. The van der Waals surface area contributed by atoms with Gasteiger partial charge >= 0.3 is 0 Å². The van der Waals surface area contributed by atoms with Crippen LogP contribution in [-0.4, -0.2) is 10.7 Å². The van der Waals surface area contributed by atoms with Crippen molar-refractivity contribution >= 4 is 0 Å². The largest absolute Gasteiger partial charge is 0.385 e. The summed E-state index contributed by atoms with van der Waals surface area (Å²) in [7, 11) is 0. The highest BCUT2D eigenvalue weighted by molar-refractivity contribution is 5.33. The summed E-state index contributed by atoms with van der Waals surface area (Å²) >= 11 is 0. The fraction of sp³-hybridized carbons (Fsp3) is 0.412. The van der Waals surface area contributed by atoms with Gasteiger partial charge in [0.25, 0.3) is 0 Å². The Kier molecular flexibility index (Phi) is 2.67. The second-order valence-electron chi connectivity index (χ2n) is 5.79. The third kappa shape index (κ3) is 1.65. The molecule has 2 bridgehead atoms. The van der Waals surface area contributed by atoms with Crippen LogP contribution in [0, 0.1) is 11.8 Å². The number of benzene rings is 1. The molecule has 3 aliphatic rings. The van der Waals surface area contributed by atoms with Crippen LogP contribution in [0.2, 0.25) is 0 Å². The van der Waals surface area contributed by atoms with Crippen LogP contribution in [0.5, 0.6) is 0 Å². The first-order valence-corrected chi connectivity index (χ1v) is 6.73. The van der Waals surface area contributed by atoms with Crippen LogP contribution in [0.15, 0.2) is 54.6 Å². The molecule has 1 nitrogen and oxygen atoms in total. The first-order chi connectivity index (χ1) is 8.64. The smallest absolute Gasteiger partial charge is 0.0899 e. The van der Waals surface area contributed by atoms with Gasteiger partial charge in [0.2, 0.25) is 0 Å². The minimum absolute atomic E-state index is 0.183. The molecule has 94 valence electrons. The lowest BCUT2D eigenvalue weighted by atomic mass is 9.57. The highest BCUT2D eigenvalue weighted by Crippen LogP contribution is 2.53. The van der Waals surface area contributed by atoms with Crippen LogP contribution in [0.3, 0.4) is 0 Å². The van der Waals surface area contributed by atoms with Gasteiger partial charge in [-0.15, -0.1) is 6.58 Å². The van der Waals surface area contributed by atoms with E-state index in [1.807, 2.05) is 6.07 Å². The van der Waals surface area contributed by atoms with E-state index in [4.69, 9.17) is 0 Å². The van der Waals surface area contributed by atoms with Crippen LogP contribution < -0.4 is 0 Å². The lowest BCUT2D eigenvalue weighted by molar-refractivity contribution is -0.0209. The Labute approximate surface area is 109 Å². The average molecular weight is 240 g/mol. The van der Waals surface area contributed by atoms with E-state index in [0.717, 1.165) is 12.8 Å². The Morgan fingerprint density at radius 3 is 2.67 bits per heavy atom. The minimum atomic E-state index is -0.719. The average Bonchev–Trinajstić information content (AvgIpc) is 2.41. The topological polar surface area (TPSA) is 20.2 Å². The van der Waals surface area contributed by atoms with Crippen molar-refractivity contribution in [2.75, 3.05) is 0 Å². The predicted molar refractivity (Wildman–Crippen MR) is 74.3 cm³/mol. The molecule has 1 N–H and O–H groups in total. The van der Waals surface area contributed by atoms with Gasteiger partial charge in [-0.05, 0) is 37.2 Å². The summed E-state index contributed by atoms with van der Waals surface area (Å²) in [5, 5.41) is 10.8. The molecule has 1 saturated carbocycles. The molecule has 0 aromatic heterocycles. The molecule has 1 aromatic rings. The Morgan fingerprint density at radius 1 is 1.33 bits per heavy atom. The number of allylic oxidation sites excluding steroid dienone is 1. The number of fused-ring (bicyclic) bond motifs is 2. The zero-order valence-corrected chi connectivity index (χ0v) is 10.8. The number of hydrogen-bond donors (Lipinski definition) is 1. The molecule has 4 rings (SSSR count). The monoisotopic (exact) mass is 240 g/mol. The molecular weight excluding hydrogens is 220 g/mol. The van der Waals surface area contributed by atoms with Crippen LogP contribution in [-0.2, 0) is 0 Å². The molecule has 0 spiro atoms. The van der Waals surface area contributed by atoms with E-state index in [2.05, 4.69) is 43.8 Å². The van der Waals surface area contributed by atoms with Crippen molar-refractivity contribution in [2.45, 2.75) is 31.3 Å². The predicted octanol–water partition coefficient (Wildman–Crippen LogP) is 3.67. The van der Waals surface area contributed by atoms with E-state index >= 15 is 0 Å². The van der Waals surface area contributed by atoms with Gasteiger partial charge in [-0.1, -0.05) is 48.1 Å². The Hall–Kier alpha value is -1.34. The first-order valence-electron chi connectivity index (χ1n) is 6.73. The van der Waals surface area contributed by atoms with Crippen molar-refractivity contribution in [2.24, 2.45) is 11.8 Å². The van der Waals surface area contributed by atoms with Crippen LogP contribution in [0.25, 0.3) is 0 Å². The van der Waals surface area contributed by atoms with Crippen molar-refractivity contribution in [1.29, 1.82) is 0 Å². The first kappa shape index (κ1) is 11.7. The fourth-order valence-corrected chi connectivity index (χ4v) is 3.71. The van der Waals surface area contributed by atoms with Gasteiger partial charge in [0.15, 0.2) is 0 Å². The zero-order chi connectivity index (χ0) is 12.8. The maximum absolute atomic E-state index is 10.8. The Morgan fingerprint density at radius 2 is 2.06 bits per heavy atom. The number of hydrogen-bond acceptors (Lipinski definition) is 1. The Balaban J connectivity index is 2.02. The highest BCUT2D eigenvalue weighted by Gasteiger charge is 2.48. The van der Waals surface area contributed by atoms with Gasteiger partial charge in [-0.3, -0.25) is 0 Å². The molecule has 0 radical (unpaired) electrons. The molecule has 0 unspecified atom stereocenters. The molecule has 4 atom stereocenters. The van der Waals surface area contributed by atoms with Crippen LogP contribution in [0.1, 0.15) is 31.2 Å². The van der Waals surface area contributed by atoms with Gasteiger partial charge in [-0.2, -0.15) is 0 Å². The summed E-state index contributed by atoms with van der Waals surface area (Å²) in [6, 6.07) is 10.6. The SMILES string of the molecule is C=C[C@@]1(O)C[C@@H]2C[C@@H](c3ccccc3)[C@H]1C=C2C. The van der Waals surface area contributed by atoms with Crippen molar-refractivity contribution in [3.05, 3.63) is 60.2 Å². The molecule has 0 saturated heterocycles. The van der Waals surface area contributed by atoms with Crippen LogP contribution in [0.4, 0.5) is 0 Å². The quantitative estimate of drug-likeness (QED) is 0.782. The second kappa shape index (κ2) is 4.10. The molecule has 1 heteroatoms. The molecule has 1 fully saturated rings. The summed E-state index contributed by atoms with van der Waals surface area (Å²) in [6.07, 6.45) is 6.03. The van der Waals surface area contributed by atoms with E-state index in [1.165, 1.54) is 11.1 Å². The summed E-state index contributed by atoms with van der Waals surface area (Å²) in [5.74, 6) is 1.11. The van der Waals surface area contributed by atoms with E-state index in [0.29, 0.717) is 11.8 Å². The fourth-order valence-electron chi connectivity index (χ4n) is 3.71. The normalized spacial score (nSPS) is 38.3.